The summed E-state index contributed by atoms with van der Waals surface area (Å²) in [5, 5.41) is 14.1. The SMILES string of the molecule is CC(C)OC(O)N[C@H]1CC[C@H](c2ncc(-c3ccc(Br)cc3S(=O)(=O)NC(C)(C)C)s2)CC1. The van der Waals surface area contributed by atoms with Crippen molar-refractivity contribution in [1.29, 1.82) is 0 Å². The predicted octanol–water partition coefficient (Wildman–Crippen LogP) is 4.97. The molecule has 1 atom stereocenters. The number of aliphatic hydroxyl groups is 1. The van der Waals surface area contributed by atoms with Crippen molar-refractivity contribution in [1.82, 2.24) is 15.0 Å². The Bertz CT molecular complexity index is 1040. The molecule has 0 spiro atoms. The van der Waals surface area contributed by atoms with Crippen LogP contribution in [0.4, 0.5) is 0 Å². The lowest BCUT2D eigenvalue weighted by Crippen LogP contribution is -2.42. The quantitative estimate of drug-likeness (QED) is 0.395. The highest BCUT2D eigenvalue weighted by atomic mass is 79.9. The summed E-state index contributed by atoms with van der Waals surface area (Å²) in [6.45, 7) is 9.26. The predicted molar refractivity (Wildman–Crippen MR) is 136 cm³/mol. The second kappa shape index (κ2) is 10.8. The van der Waals surface area contributed by atoms with Crippen LogP contribution < -0.4 is 10.0 Å². The van der Waals surface area contributed by atoms with Gasteiger partial charge in [-0.1, -0.05) is 22.0 Å². The Morgan fingerprint density at radius 3 is 2.48 bits per heavy atom. The number of benzene rings is 1. The molecule has 2 aromatic rings. The lowest BCUT2D eigenvalue weighted by Gasteiger charge is -2.30. The van der Waals surface area contributed by atoms with Crippen LogP contribution in [0.25, 0.3) is 10.4 Å². The molecule has 1 fully saturated rings. The number of halogens is 1. The first-order chi connectivity index (χ1) is 15.3. The first-order valence-electron chi connectivity index (χ1n) is 11.2. The van der Waals surface area contributed by atoms with Gasteiger partial charge < -0.3 is 9.84 Å². The zero-order valence-electron chi connectivity index (χ0n) is 19.8. The first kappa shape index (κ1) is 26.7. The van der Waals surface area contributed by atoms with E-state index >= 15 is 0 Å². The minimum Gasteiger partial charge on any atom is -0.356 e. The molecule has 3 N–H and O–H groups in total. The number of rotatable bonds is 8. The Labute approximate surface area is 209 Å². The summed E-state index contributed by atoms with van der Waals surface area (Å²) < 4.78 is 35.0. The van der Waals surface area contributed by atoms with Gasteiger partial charge in [0, 0.05) is 33.7 Å². The fourth-order valence-electron chi connectivity index (χ4n) is 3.99. The topological polar surface area (TPSA) is 101 Å². The van der Waals surface area contributed by atoms with E-state index in [9.17, 15) is 13.5 Å². The smallest absolute Gasteiger partial charge is 0.241 e. The Hall–Kier alpha value is -0.880. The molecule has 10 heteroatoms. The first-order valence-corrected chi connectivity index (χ1v) is 14.3. The number of sulfonamides is 1. The molecule has 1 heterocycles. The van der Waals surface area contributed by atoms with E-state index in [2.05, 4.69) is 31.0 Å². The van der Waals surface area contributed by atoms with Crippen LogP contribution >= 0.6 is 27.3 Å². The maximum Gasteiger partial charge on any atom is 0.241 e. The molecular formula is C23H34BrN3O4S2. The van der Waals surface area contributed by atoms with Crippen LogP contribution in [0.5, 0.6) is 0 Å². The zero-order valence-corrected chi connectivity index (χ0v) is 23.0. The molecule has 1 aliphatic rings. The van der Waals surface area contributed by atoms with E-state index in [0.29, 0.717) is 16.0 Å². The van der Waals surface area contributed by atoms with Crippen molar-refractivity contribution >= 4 is 37.3 Å². The molecule has 33 heavy (non-hydrogen) atoms. The molecule has 1 aliphatic carbocycles. The number of nitrogens with one attached hydrogen (secondary N) is 2. The molecule has 0 radical (unpaired) electrons. The summed E-state index contributed by atoms with van der Waals surface area (Å²) in [5.74, 6) is 0.327. The van der Waals surface area contributed by atoms with Gasteiger partial charge in [-0.05, 0) is 72.4 Å². The monoisotopic (exact) mass is 559 g/mol. The van der Waals surface area contributed by atoms with Crippen molar-refractivity contribution in [2.45, 2.75) is 95.2 Å². The van der Waals surface area contributed by atoms with Crippen molar-refractivity contribution in [3.63, 3.8) is 0 Å². The third-order valence-electron chi connectivity index (χ3n) is 5.32. The van der Waals surface area contributed by atoms with Crippen molar-refractivity contribution in [3.8, 4) is 10.4 Å². The Morgan fingerprint density at radius 1 is 1.21 bits per heavy atom. The normalized spacial score (nSPS) is 20.8. The van der Waals surface area contributed by atoms with Gasteiger partial charge >= 0.3 is 0 Å². The van der Waals surface area contributed by atoms with Crippen molar-refractivity contribution in [3.05, 3.63) is 33.9 Å². The van der Waals surface area contributed by atoms with Crippen LogP contribution in [-0.4, -0.2) is 42.6 Å². The lowest BCUT2D eigenvalue weighted by atomic mass is 9.86. The highest BCUT2D eigenvalue weighted by Gasteiger charge is 2.28. The summed E-state index contributed by atoms with van der Waals surface area (Å²) in [5.41, 5.74) is 0.0700. The molecule has 0 amide bonds. The number of hydrogen-bond acceptors (Lipinski definition) is 7. The van der Waals surface area contributed by atoms with Gasteiger partial charge in [0.2, 0.25) is 16.4 Å². The molecule has 1 aromatic heterocycles. The van der Waals surface area contributed by atoms with Crippen LogP contribution in [-0.2, 0) is 14.8 Å². The van der Waals surface area contributed by atoms with Crippen LogP contribution in [0.15, 0.2) is 33.8 Å². The standard InChI is InChI=1S/C23H34BrN3O4S2/c1-14(2)31-22(28)26-17-9-6-15(7-10-17)21-25-13-19(32-21)18-11-8-16(24)12-20(18)33(29,30)27-23(3,4)5/h8,11-15,17,22,26-28H,6-7,9-10H2,1-5H3/t15-,17-,22?. The molecule has 0 saturated heterocycles. The minimum absolute atomic E-state index is 0.0384. The molecular weight excluding hydrogens is 526 g/mol. The van der Waals surface area contributed by atoms with Crippen molar-refractivity contribution in [2.75, 3.05) is 0 Å². The molecule has 7 nitrogen and oxygen atoms in total. The van der Waals surface area contributed by atoms with E-state index < -0.39 is 22.0 Å². The van der Waals surface area contributed by atoms with Gasteiger partial charge in [0.05, 0.1) is 20.9 Å². The van der Waals surface area contributed by atoms with Gasteiger partial charge in [-0.2, -0.15) is 0 Å². The fourth-order valence-corrected chi connectivity index (χ4v) is 7.36. The Morgan fingerprint density at radius 2 is 1.88 bits per heavy atom. The fraction of sp³-hybridized carbons (Fsp3) is 0.609. The van der Waals surface area contributed by atoms with E-state index in [1.54, 1.807) is 23.6 Å². The lowest BCUT2D eigenvalue weighted by molar-refractivity contribution is -0.150. The number of nitrogens with zero attached hydrogens (tertiary/aromatic N) is 1. The zero-order chi connectivity index (χ0) is 24.4. The second-order valence-electron chi connectivity index (χ2n) is 9.81. The Balaban J connectivity index is 1.74. The maximum absolute atomic E-state index is 13.1. The summed E-state index contributed by atoms with van der Waals surface area (Å²) >= 11 is 4.96. The van der Waals surface area contributed by atoms with Gasteiger partial charge in [0.1, 0.15) is 0 Å². The summed E-state index contributed by atoms with van der Waals surface area (Å²) in [6.07, 6.45) is 4.55. The van der Waals surface area contributed by atoms with Gasteiger partial charge in [-0.15, -0.1) is 11.3 Å². The van der Waals surface area contributed by atoms with Crippen LogP contribution in [0.1, 0.15) is 71.2 Å². The summed E-state index contributed by atoms with van der Waals surface area (Å²) in [7, 11) is -3.71. The van der Waals surface area contributed by atoms with Gasteiger partial charge in [0.25, 0.3) is 0 Å². The van der Waals surface area contributed by atoms with Gasteiger partial charge in [0.15, 0.2) is 0 Å². The number of aliphatic hydroxyl groups excluding tert-OH is 1. The van der Waals surface area contributed by atoms with Crippen molar-refractivity contribution < 1.29 is 18.3 Å². The van der Waals surface area contributed by atoms with Crippen LogP contribution in [0.2, 0.25) is 0 Å². The molecule has 3 rings (SSSR count). The largest absolute Gasteiger partial charge is 0.356 e. The molecule has 1 saturated carbocycles. The minimum atomic E-state index is -3.71. The highest BCUT2D eigenvalue weighted by molar-refractivity contribution is 9.10. The second-order valence-corrected chi connectivity index (χ2v) is 13.4. The van der Waals surface area contributed by atoms with E-state index in [-0.39, 0.29) is 17.0 Å². The van der Waals surface area contributed by atoms with E-state index in [1.807, 2.05) is 46.8 Å². The molecule has 1 aromatic carbocycles. The molecule has 0 aliphatic heterocycles. The molecule has 0 bridgehead atoms. The number of aromatic nitrogens is 1. The van der Waals surface area contributed by atoms with E-state index in [1.165, 1.54) is 0 Å². The number of hydrogen-bond donors (Lipinski definition) is 3. The summed E-state index contributed by atoms with van der Waals surface area (Å²) in [6, 6.07) is 5.53. The Kier molecular flexibility index (Phi) is 8.75. The number of ether oxygens (including phenoxy) is 1. The highest BCUT2D eigenvalue weighted by Crippen LogP contribution is 2.40. The average Bonchev–Trinajstić information content (AvgIpc) is 3.16. The van der Waals surface area contributed by atoms with Gasteiger partial charge in [-0.3, -0.25) is 5.32 Å². The van der Waals surface area contributed by atoms with Gasteiger partial charge in [-0.25, -0.2) is 18.1 Å². The number of thiazole rings is 1. The maximum atomic E-state index is 13.1. The third kappa shape index (κ3) is 7.55. The van der Waals surface area contributed by atoms with E-state index in [4.69, 9.17) is 4.74 Å². The molecule has 184 valence electrons. The summed E-state index contributed by atoms with van der Waals surface area (Å²) in [4.78, 5) is 5.74. The average molecular weight is 561 g/mol. The van der Waals surface area contributed by atoms with Crippen LogP contribution in [0.3, 0.4) is 0 Å². The third-order valence-corrected chi connectivity index (χ3v) is 8.80. The van der Waals surface area contributed by atoms with Crippen molar-refractivity contribution in [2.24, 2.45) is 0 Å². The van der Waals surface area contributed by atoms with Crippen LogP contribution in [0, 0.1) is 0 Å². The molecule has 1 unspecified atom stereocenters. The van der Waals surface area contributed by atoms with E-state index in [0.717, 1.165) is 35.6 Å².